The van der Waals surface area contributed by atoms with Crippen molar-refractivity contribution < 1.29 is 4.74 Å². The van der Waals surface area contributed by atoms with Crippen LogP contribution in [0.1, 0.15) is 0 Å². The molecule has 0 radical (unpaired) electrons. The molecule has 0 fully saturated rings. The monoisotopic (exact) mass is 414 g/mol. The fourth-order valence-electron chi connectivity index (χ4n) is 0.873. The molecule has 0 heterocycles. The molecule has 0 spiro atoms. The topological polar surface area (TPSA) is 9.23 Å². The third kappa shape index (κ3) is 4.36. The molecule has 5 heteroatoms. The molecule has 1 aromatic rings. The average molecular weight is 417 g/mol. The van der Waals surface area contributed by atoms with Gasteiger partial charge in [0.25, 0.3) is 0 Å². The smallest absolute Gasteiger partial charge is 0.149 e. The summed E-state index contributed by atoms with van der Waals surface area (Å²) in [7, 11) is 0. The number of halogens is 4. The van der Waals surface area contributed by atoms with Crippen molar-refractivity contribution >= 4 is 59.4 Å². The Bertz CT molecular complexity index is 386. The summed E-state index contributed by atoms with van der Waals surface area (Å²) in [4.78, 5) is 0. The first kappa shape index (κ1) is 13.4. The van der Waals surface area contributed by atoms with Gasteiger partial charge in [0.2, 0.25) is 0 Å². The van der Waals surface area contributed by atoms with Crippen LogP contribution >= 0.6 is 59.4 Å². The second-order valence-corrected chi connectivity index (χ2v) is 5.37. The zero-order chi connectivity index (χ0) is 11.3. The zero-order valence-electron chi connectivity index (χ0n) is 7.49. The van der Waals surface area contributed by atoms with Crippen LogP contribution in [0, 0.1) is 11.8 Å². The van der Waals surface area contributed by atoms with E-state index in [1.54, 1.807) is 0 Å². The van der Waals surface area contributed by atoms with Gasteiger partial charge >= 0.3 is 0 Å². The van der Waals surface area contributed by atoms with E-state index in [1.165, 1.54) is 0 Å². The van der Waals surface area contributed by atoms with Crippen molar-refractivity contribution in [3.63, 3.8) is 0 Å². The Morgan fingerprint density at radius 2 is 1.73 bits per heavy atom. The van der Waals surface area contributed by atoms with E-state index in [0.717, 1.165) is 19.2 Å². The molecule has 0 unspecified atom stereocenters. The number of rotatable bonds is 2. The summed E-state index contributed by atoms with van der Waals surface area (Å²) in [5.41, 5.74) is 0. The largest absolute Gasteiger partial charge is 0.479 e. The highest BCUT2D eigenvalue weighted by Crippen LogP contribution is 2.36. The maximum absolute atomic E-state index is 5.48. The second kappa shape index (κ2) is 6.80. The molecule has 0 saturated carbocycles. The number of hydrogen-bond donors (Lipinski definition) is 0. The number of hydrogen-bond acceptors (Lipinski definition) is 1. The lowest BCUT2D eigenvalue weighted by Gasteiger charge is -2.07. The summed E-state index contributed by atoms with van der Waals surface area (Å²) in [5.74, 6) is 6.58. The molecule has 0 aliphatic heterocycles. The Balaban J connectivity index is 2.77. The van der Waals surface area contributed by atoms with Crippen molar-refractivity contribution in [3.8, 4) is 17.6 Å². The molecule has 0 aliphatic carbocycles. The lowest BCUT2D eigenvalue weighted by atomic mass is 10.3. The third-order valence-corrected chi connectivity index (χ3v) is 3.21. The van der Waals surface area contributed by atoms with Gasteiger partial charge in [0, 0.05) is 4.47 Å². The third-order valence-electron chi connectivity index (χ3n) is 1.44. The second-order valence-electron chi connectivity index (χ2n) is 2.47. The van der Waals surface area contributed by atoms with Crippen LogP contribution in [0.25, 0.3) is 0 Å². The fourth-order valence-corrected chi connectivity index (χ4v) is 3.46. The van der Waals surface area contributed by atoms with Gasteiger partial charge in [-0.15, -0.1) is 11.6 Å². The number of ether oxygens (including phenoxy) is 1. The van der Waals surface area contributed by atoms with Gasteiger partial charge in [-0.3, -0.25) is 0 Å². The molecule has 0 atom stereocenters. The van der Waals surface area contributed by atoms with E-state index in [9.17, 15) is 0 Å². The highest BCUT2D eigenvalue weighted by molar-refractivity contribution is 9.11. The first-order valence-electron chi connectivity index (χ1n) is 3.94. The van der Waals surface area contributed by atoms with Crippen molar-refractivity contribution in [3.05, 3.63) is 25.6 Å². The fraction of sp³-hybridized carbons (Fsp3) is 0.200. The highest BCUT2D eigenvalue weighted by atomic mass is 79.9. The van der Waals surface area contributed by atoms with Gasteiger partial charge in [-0.1, -0.05) is 27.8 Å². The maximum atomic E-state index is 5.48. The first-order chi connectivity index (χ1) is 7.15. The van der Waals surface area contributed by atoms with Gasteiger partial charge in [0.1, 0.15) is 12.4 Å². The van der Waals surface area contributed by atoms with Crippen molar-refractivity contribution in [1.82, 2.24) is 0 Å². The molecule has 0 aromatic heterocycles. The van der Waals surface area contributed by atoms with Crippen LogP contribution in [-0.2, 0) is 0 Å². The van der Waals surface area contributed by atoms with Crippen molar-refractivity contribution in [1.29, 1.82) is 0 Å². The van der Waals surface area contributed by atoms with Crippen LogP contribution in [0.2, 0.25) is 0 Å². The van der Waals surface area contributed by atoms with Crippen LogP contribution in [0.3, 0.4) is 0 Å². The van der Waals surface area contributed by atoms with Gasteiger partial charge in [0.05, 0.1) is 14.8 Å². The number of benzene rings is 1. The standard InChI is InChI=1S/C10H6Br3ClO/c11-7-5-8(12)10(9(13)6-7)15-4-2-1-3-14/h5-6H,3-4H2. The zero-order valence-corrected chi connectivity index (χ0v) is 13.0. The van der Waals surface area contributed by atoms with Gasteiger partial charge in [-0.25, -0.2) is 0 Å². The minimum atomic E-state index is 0.325. The molecule has 80 valence electrons. The van der Waals surface area contributed by atoms with Crippen molar-refractivity contribution in [2.24, 2.45) is 0 Å². The van der Waals surface area contributed by atoms with Crippen LogP contribution in [0.4, 0.5) is 0 Å². The molecule has 1 nitrogen and oxygen atoms in total. The Hall–Kier alpha value is 0.310. The van der Waals surface area contributed by atoms with E-state index >= 15 is 0 Å². The van der Waals surface area contributed by atoms with Crippen molar-refractivity contribution in [2.75, 3.05) is 12.5 Å². The maximum Gasteiger partial charge on any atom is 0.149 e. The molecular weight excluding hydrogens is 411 g/mol. The average Bonchev–Trinajstić information content (AvgIpc) is 2.15. The van der Waals surface area contributed by atoms with E-state index in [0.29, 0.717) is 12.5 Å². The van der Waals surface area contributed by atoms with Gasteiger partial charge in [-0.05, 0) is 44.0 Å². The van der Waals surface area contributed by atoms with E-state index in [-0.39, 0.29) is 0 Å². The van der Waals surface area contributed by atoms with Crippen LogP contribution in [0.15, 0.2) is 25.6 Å². The van der Waals surface area contributed by atoms with Crippen LogP contribution < -0.4 is 4.74 Å². The van der Waals surface area contributed by atoms with Crippen LogP contribution in [-0.4, -0.2) is 12.5 Å². The Morgan fingerprint density at radius 3 is 2.27 bits per heavy atom. The van der Waals surface area contributed by atoms with E-state index < -0.39 is 0 Å². The highest BCUT2D eigenvalue weighted by Gasteiger charge is 2.07. The summed E-state index contributed by atoms with van der Waals surface area (Å²) in [6.45, 7) is 0.325. The van der Waals surface area contributed by atoms with E-state index in [1.807, 2.05) is 12.1 Å². The molecule has 0 saturated heterocycles. The van der Waals surface area contributed by atoms with E-state index in [4.69, 9.17) is 16.3 Å². The Morgan fingerprint density at radius 1 is 1.13 bits per heavy atom. The quantitative estimate of drug-likeness (QED) is 0.505. The summed E-state index contributed by atoms with van der Waals surface area (Å²) >= 11 is 15.6. The molecule has 1 aromatic carbocycles. The first-order valence-corrected chi connectivity index (χ1v) is 6.85. The molecule has 1 rings (SSSR count). The molecule has 0 amide bonds. The normalized spacial score (nSPS) is 9.33. The molecule has 0 bridgehead atoms. The Kier molecular flexibility index (Phi) is 6.06. The predicted octanol–water partition coefficient (Wildman–Crippen LogP) is 4.60. The van der Waals surface area contributed by atoms with Crippen molar-refractivity contribution in [2.45, 2.75) is 0 Å². The van der Waals surface area contributed by atoms with Crippen LogP contribution in [0.5, 0.6) is 5.75 Å². The van der Waals surface area contributed by atoms with Gasteiger partial charge < -0.3 is 4.74 Å². The lowest BCUT2D eigenvalue weighted by molar-refractivity contribution is 0.365. The Labute approximate surface area is 119 Å². The number of alkyl halides is 1. The predicted molar refractivity (Wildman–Crippen MR) is 73.5 cm³/mol. The molecule has 15 heavy (non-hydrogen) atoms. The summed E-state index contributed by atoms with van der Waals surface area (Å²) in [6, 6.07) is 3.82. The SMILES string of the molecule is ClCC#CCOc1c(Br)cc(Br)cc1Br. The molecule has 0 N–H and O–H groups in total. The minimum absolute atomic E-state index is 0.325. The summed E-state index contributed by atoms with van der Waals surface area (Å²) < 4.78 is 8.19. The van der Waals surface area contributed by atoms with Gasteiger partial charge in [-0.2, -0.15) is 0 Å². The summed E-state index contributed by atoms with van der Waals surface area (Å²) in [6.07, 6.45) is 0. The molecule has 0 aliphatic rings. The van der Waals surface area contributed by atoms with Gasteiger partial charge in [0.15, 0.2) is 0 Å². The molecular formula is C10H6Br3ClO. The minimum Gasteiger partial charge on any atom is -0.479 e. The lowest BCUT2D eigenvalue weighted by Crippen LogP contribution is -1.96. The summed E-state index contributed by atoms with van der Waals surface area (Å²) in [5, 5.41) is 0. The van der Waals surface area contributed by atoms with E-state index in [2.05, 4.69) is 59.6 Å².